The molecule has 6 aromatic rings. The number of nitrogens with zero attached hydrogens (tertiary/aromatic N) is 1. The molecule has 0 aliphatic carbocycles. The van der Waals surface area contributed by atoms with Crippen molar-refractivity contribution in [1.29, 1.82) is 0 Å². The predicted octanol–water partition coefficient (Wildman–Crippen LogP) is 8.52. The van der Waals surface area contributed by atoms with Crippen LogP contribution in [0.2, 0.25) is 0 Å². The molecule has 0 aliphatic rings. The minimum Gasteiger partial charge on any atom is -0.361 e. The number of para-hydroxylation sites is 1. The summed E-state index contributed by atoms with van der Waals surface area (Å²) in [6.45, 7) is 3.96. The predicted molar refractivity (Wildman–Crippen MR) is 196 cm³/mol. The smallest absolute Gasteiger partial charge is 0.272 e. The van der Waals surface area contributed by atoms with Gasteiger partial charge in [0.05, 0.1) is 10.9 Å². The molecule has 0 radical (unpaired) electrons. The second-order valence-electron chi connectivity index (χ2n) is 10.9. The van der Waals surface area contributed by atoms with Crippen molar-refractivity contribution in [2.45, 2.75) is 30.4 Å². The Hall–Kier alpha value is -5.45. The summed E-state index contributed by atoms with van der Waals surface area (Å²) in [4.78, 5) is 49.9. The summed E-state index contributed by atoms with van der Waals surface area (Å²) in [5.41, 5.74) is 4.59. The van der Waals surface area contributed by atoms with Gasteiger partial charge in [-0.3, -0.25) is 14.4 Å². The summed E-state index contributed by atoms with van der Waals surface area (Å²) in [5.74, 6) is -1.02. The zero-order valence-electron chi connectivity index (χ0n) is 26.3. The maximum atomic E-state index is 13.7. The second kappa shape index (κ2) is 15.0. The Morgan fingerprint density at radius 3 is 2.40 bits per heavy atom. The Balaban J connectivity index is 1.17. The molecule has 8 nitrogen and oxygen atoms in total. The summed E-state index contributed by atoms with van der Waals surface area (Å²) >= 11 is 2.86. The number of benzene rings is 4. The van der Waals surface area contributed by atoms with Crippen molar-refractivity contribution in [2.75, 3.05) is 10.6 Å². The molecule has 240 valence electrons. The fourth-order valence-corrected chi connectivity index (χ4v) is 7.00. The Morgan fingerprint density at radius 2 is 1.62 bits per heavy atom. The molecule has 3 amide bonds. The normalized spacial score (nSPS) is 12.0. The van der Waals surface area contributed by atoms with Crippen LogP contribution in [0.1, 0.15) is 34.1 Å². The molecule has 0 aliphatic heterocycles. The summed E-state index contributed by atoms with van der Waals surface area (Å²) < 4.78 is 0. The van der Waals surface area contributed by atoms with Crippen molar-refractivity contribution in [3.05, 3.63) is 137 Å². The number of carbonyl (C=O) groups excluding carboxylic acids is 3. The largest absolute Gasteiger partial charge is 0.361 e. The first-order valence-electron chi connectivity index (χ1n) is 15.4. The fraction of sp³-hybridized carbons (Fsp3) is 0.105. The van der Waals surface area contributed by atoms with Gasteiger partial charge in [0.15, 0.2) is 5.13 Å². The van der Waals surface area contributed by atoms with Crippen LogP contribution in [0.15, 0.2) is 126 Å². The van der Waals surface area contributed by atoms with E-state index in [-0.39, 0.29) is 16.9 Å². The third kappa shape index (κ3) is 7.74. The molecule has 0 bridgehead atoms. The summed E-state index contributed by atoms with van der Waals surface area (Å²) in [6, 6.07) is 33.7. The lowest BCUT2D eigenvalue weighted by atomic mass is 10.1. The van der Waals surface area contributed by atoms with Gasteiger partial charge in [-0.25, -0.2) is 4.98 Å². The van der Waals surface area contributed by atoms with E-state index in [1.54, 1.807) is 42.6 Å². The molecule has 0 spiro atoms. The number of aromatic amines is 1. The van der Waals surface area contributed by atoms with E-state index in [2.05, 4.69) is 25.9 Å². The third-order valence-corrected chi connectivity index (χ3v) is 9.80. The molecule has 6 rings (SSSR count). The van der Waals surface area contributed by atoms with E-state index in [1.165, 1.54) is 23.1 Å². The van der Waals surface area contributed by atoms with Gasteiger partial charge in [0, 0.05) is 49.3 Å². The highest BCUT2D eigenvalue weighted by molar-refractivity contribution is 8.00. The van der Waals surface area contributed by atoms with Gasteiger partial charge in [-0.1, -0.05) is 79.7 Å². The number of thiazole rings is 1. The molecular formula is C38H33N5O3S2. The number of anilines is 2. The molecule has 10 heteroatoms. The molecule has 1 atom stereocenters. The van der Waals surface area contributed by atoms with E-state index in [0.29, 0.717) is 22.8 Å². The molecule has 2 aromatic heterocycles. The first-order chi connectivity index (χ1) is 23.4. The molecule has 1 unspecified atom stereocenters. The van der Waals surface area contributed by atoms with Gasteiger partial charge in [-0.15, -0.1) is 23.1 Å². The van der Waals surface area contributed by atoms with Crippen molar-refractivity contribution >= 4 is 68.6 Å². The van der Waals surface area contributed by atoms with Crippen LogP contribution in [0.3, 0.4) is 0 Å². The summed E-state index contributed by atoms with van der Waals surface area (Å²) in [5, 5.41) is 9.82. The van der Waals surface area contributed by atoms with Gasteiger partial charge >= 0.3 is 0 Å². The van der Waals surface area contributed by atoms with Gasteiger partial charge in [-0.05, 0) is 55.8 Å². The molecule has 48 heavy (non-hydrogen) atoms. The third-order valence-electron chi connectivity index (χ3n) is 7.56. The van der Waals surface area contributed by atoms with E-state index in [1.807, 2.05) is 92.7 Å². The van der Waals surface area contributed by atoms with Gasteiger partial charge in [-0.2, -0.15) is 0 Å². The van der Waals surface area contributed by atoms with Crippen LogP contribution in [-0.2, 0) is 9.59 Å². The number of nitrogens with one attached hydrogen (secondary N) is 4. The monoisotopic (exact) mass is 671 g/mol. The first-order valence-corrected chi connectivity index (χ1v) is 17.1. The van der Waals surface area contributed by atoms with Crippen molar-refractivity contribution < 1.29 is 14.4 Å². The van der Waals surface area contributed by atoms with Crippen LogP contribution in [0.5, 0.6) is 0 Å². The Bertz CT molecular complexity index is 2110. The molecule has 4 N–H and O–H groups in total. The van der Waals surface area contributed by atoms with E-state index in [0.717, 1.165) is 37.5 Å². The minimum atomic E-state index is -0.482. The van der Waals surface area contributed by atoms with E-state index in [4.69, 9.17) is 0 Å². The highest BCUT2D eigenvalue weighted by atomic mass is 32.2. The number of amides is 3. The number of hydrogen-bond acceptors (Lipinski definition) is 6. The topological polar surface area (TPSA) is 116 Å². The number of aromatic nitrogens is 2. The molecular weight excluding hydrogens is 639 g/mol. The van der Waals surface area contributed by atoms with Gasteiger partial charge in [0.1, 0.15) is 5.70 Å². The number of carbonyl (C=O) groups is 3. The quantitative estimate of drug-likeness (QED) is 0.0814. The summed E-state index contributed by atoms with van der Waals surface area (Å²) in [7, 11) is 0. The minimum absolute atomic E-state index is 0.0890. The van der Waals surface area contributed by atoms with Crippen molar-refractivity contribution in [1.82, 2.24) is 15.3 Å². The number of aryl methyl sites for hydroxylation is 1. The maximum Gasteiger partial charge on any atom is 0.272 e. The lowest BCUT2D eigenvalue weighted by Gasteiger charge is -2.15. The average Bonchev–Trinajstić information content (AvgIpc) is 3.70. The lowest BCUT2D eigenvalue weighted by molar-refractivity contribution is -0.116. The van der Waals surface area contributed by atoms with E-state index < -0.39 is 11.8 Å². The van der Waals surface area contributed by atoms with E-state index >= 15 is 0 Å². The summed E-state index contributed by atoms with van der Waals surface area (Å²) in [6.07, 6.45) is 4.05. The van der Waals surface area contributed by atoms with Gasteiger partial charge in [0.25, 0.3) is 11.8 Å². The van der Waals surface area contributed by atoms with Crippen LogP contribution in [0, 0.1) is 6.92 Å². The maximum absolute atomic E-state index is 13.7. The molecule has 2 heterocycles. The van der Waals surface area contributed by atoms with Crippen LogP contribution in [-0.4, -0.2) is 32.9 Å². The fourth-order valence-electron chi connectivity index (χ4n) is 5.14. The number of fused-ring (bicyclic) bond motifs is 1. The highest BCUT2D eigenvalue weighted by Crippen LogP contribution is 2.32. The van der Waals surface area contributed by atoms with Crippen molar-refractivity contribution in [2.24, 2.45) is 0 Å². The van der Waals surface area contributed by atoms with Crippen molar-refractivity contribution in [3.63, 3.8) is 0 Å². The average molecular weight is 672 g/mol. The van der Waals surface area contributed by atoms with Crippen LogP contribution >= 0.6 is 23.1 Å². The molecule has 0 saturated carbocycles. The van der Waals surface area contributed by atoms with Crippen LogP contribution in [0.4, 0.5) is 10.8 Å². The Morgan fingerprint density at radius 1 is 0.896 bits per heavy atom. The zero-order valence-corrected chi connectivity index (χ0v) is 28.0. The zero-order chi connectivity index (χ0) is 33.5. The van der Waals surface area contributed by atoms with Crippen molar-refractivity contribution in [3.8, 4) is 11.3 Å². The SMILES string of the molecule is CCC(Sc1cccc(NC(=O)/C(=C/c2c[nH]c3ccccc23)NC(=O)c2ccccc2)c1)C(=O)Nc1nc(-c2ccccc2)c(C)s1. The van der Waals surface area contributed by atoms with E-state index in [9.17, 15) is 14.4 Å². The molecule has 4 aromatic carbocycles. The standard InChI is InChI=1S/C38H33N5O3S2/c1-3-33(37(46)43-38-42-34(24(2)47-38)25-13-6-4-7-14-25)48-29-18-12-17-28(22-29)40-36(45)32(41-35(44)26-15-8-5-9-16-26)21-27-23-39-31-20-11-10-19-30(27)31/h4-23,33,39H,3H2,1-2H3,(H,40,45)(H,41,44)(H,42,43,46)/b32-21-. The van der Waals surface area contributed by atoms with Crippen LogP contribution < -0.4 is 16.0 Å². The Labute approximate surface area is 286 Å². The second-order valence-corrected chi connectivity index (χ2v) is 13.4. The molecule has 0 saturated heterocycles. The highest BCUT2D eigenvalue weighted by Gasteiger charge is 2.21. The number of rotatable bonds is 11. The number of hydrogen-bond donors (Lipinski definition) is 4. The Kier molecular flexibility index (Phi) is 10.1. The lowest BCUT2D eigenvalue weighted by Crippen LogP contribution is -2.30. The first kappa shape index (κ1) is 32.5. The van der Waals surface area contributed by atoms with Gasteiger partial charge in [0.2, 0.25) is 5.91 Å². The number of H-pyrrole nitrogens is 1. The number of thioether (sulfide) groups is 1. The van der Waals surface area contributed by atoms with Gasteiger partial charge < -0.3 is 20.9 Å². The molecule has 0 fully saturated rings. The van der Waals surface area contributed by atoms with Crippen LogP contribution in [0.25, 0.3) is 28.2 Å².